The van der Waals surface area contributed by atoms with Crippen molar-refractivity contribution < 1.29 is 4.79 Å². The van der Waals surface area contributed by atoms with Crippen molar-refractivity contribution in [3.05, 3.63) is 0 Å². The molecule has 0 aromatic carbocycles. The van der Waals surface area contributed by atoms with Gasteiger partial charge in [-0.15, -0.1) is 0 Å². The van der Waals surface area contributed by atoms with Crippen LogP contribution in [0.3, 0.4) is 0 Å². The second-order valence-corrected chi connectivity index (χ2v) is 4.36. The smallest absolute Gasteiger partial charge is 0.237 e. The lowest BCUT2D eigenvalue weighted by Gasteiger charge is -2.22. The summed E-state index contributed by atoms with van der Waals surface area (Å²) in [6.45, 7) is 3.36. The summed E-state index contributed by atoms with van der Waals surface area (Å²) in [5.41, 5.74) is 0. The zero-order chi connectivity index (χ0) is 10.7. The molecule has 0 saturated carbocycles. The van der Waals surface area contributed by atoms with Crippen molar-refractivity contribution in [3.8, 4) is 6.07 Å². The van der Waals surface area contributed by atoms with Crippen LogP contribution in [0.2, 0.25) is 0 Å². The molecule has 0 unspecified atom stereocenters. The van der Waals surface area contributed by atoms with Gasteiger partial charge in [-0.1, -0.05) is 0 Å². The Morgan fingerprint density at radius 3 is 2.67 bits per heavy atom. The zero-order valence-corrected chi connectivity index (χ0v) is 8.98. The number of nitriles is 1. The molecule has 0 aliphatic carbocycles. The highest BCUT2D eigenvalue weighted by atomic mass is 16.2. The molecule has 2 aliphatic heterocycles. The van der Waals surface area contributed by atoms with Crippen LogP contribution in [-0.4, -0.2) is 47.9 Å². The third-order valence-electron chi connectivity index (χ3n) is 3.28. The van der Waals surface area contributed by atoms with E-state index in [4.69, 9.17) is 5.26 Å². The third kappa shape index (κ3) is 2.29. The van der Waals surface area contributed by atoms with E-state index in [0.29, 0.717) is 6.54 Å². The molecule has 2 fully saturated rings. The highest BCUT2D eigenvalue weighted by Crippen LogP contribution is 2.17. The van der Waals surface area contributed by atoms with E-state index < -0.39 is 0 Å². The summed E-state index contributed by atoms with van der Waals surface area (Å²) >= 11 is 0. The second kappa shape index (κ2) is 4.63. The molecule has 0 aromatic rings. The van der Waals surface area contributed by atoms with Crippen molar-refractivity contribution in [1.82, 2.24) is 9.80 Å². The number of hydrogen-bond donors (Lipinski definition) is 0. The van der Waals surface area contributed by atoms with Crippen LogP contribution in [0.5, 0.6) is 0 Å². The summed E-state index contributed by atoms with van der Waals surface area (Å²) in [4.78, 5) is 15.8. The molecule has 2 aliphatic rings. The molecule has 15 heavy (non-hydrogen) atoms. The van der Waals surface area contributed by atoms with Crippen molar-refractivity contribution in [2.75, 3.05) is 26.2 Å². The van der Waals surface area contributed by atoms with Gasteiger partial charge in [0, 0.05) is 6.54 Å². The van der Waals surface area contributed by atoms with E-state index in [1.54, 1.807) is 4.90 Å². The average Bonchev–Trinajstić information content (AvgIpc) is 2.86. The minimum absolute atomic E-state index is 0.140. The minimum atomic E-state index is -0.167. The monoisotopic (exact) mass is 207 g/mol. The molecule has 2 saturated heterocycles. The molecule has 2 rings (SSSR count). The number of hydrogen-bond acceptors (Lipinski definition) is 3. The average molecular weight is 207 g/mol. The van der Waals surface area contributed by atoms with Crippen LogP contribution >= 0.6 is 0 Å². The minimum Gasteiger partial charge on any atom is -0.326 e. The van der Waals surface area contributed by atoms with E-state index in [0.717, 1.165) is 32.5 Å². The molecule has 82 valence electrons. The molecule has 1 amide bonds. The largest absolute Gasteiger partial charge is 0.326 e. The maximum absolute atomic E-state index is 11.9. The lowest BCUT2D eigenvalue weighted by atomic mass is 10.2. The van der Waals surface area contributed by atoms with Gasteiger partial charge in [0.25, 0.3) is 0 Å². The summed E-state index contributed by atoms with van der Waals surface area (Å²) in [5, 5.41) is 8.89. The van der Waals surface area contributed by atoms with Crippen molar-refractivity contribution >= 4 is 5.91 Å². The van der Waals surface area contributed by atoms with Crippen molar-refractivity contribution in [3.63, 3.8) is 0 Å². The number of carbonyl (C=O) groups is 1. The van der Waals surface area contributed by atoms with Gasteiger partial charge >= 0.3 is 0 Å². The third-order valence-corrected chi connectivity index (χ3v) is 3.28. The highest BCUT2D eigenvalue weighted by molar-refractivity contribution is 5.79. The Balaban J connectivity index is 1.87. The van der Waals surface area contributed by atoms with Crippen LogP contribution in [-0.2, 0) is 4.79 Å². The molecule has 2 heterocycles. The highest BCUT2D eigenvalue weighted by Gasteiger charge is 2.29. The quantitative estimate of drug-likeness (QED) is 0.666. The maximum atomic E-state index is 11.9. The van der Waals surface area contributed by atoms with Gasteiger partial charge in [-0.2, -0.15) is 5.26 Å². The fourth-order valence-corrected chi connectivity index (χ4v) is 2.42. The van der Waals surface area contributed by atoms with Crippen molar-refractivity contribution in [1.29, 1.82) is 5.26 Å². The van der Waals surface area contributed by atoms with Crippen molar-refractivity contribution in [2.24, 2.45) is 0 Å². The normalized spacial score (nSPS) is 26.9. The SMILES string of the molecule is N#C[C@@H]1CCCN1C(=O)CN1CCCC1. The van der Waals surface area contributed by atoms with Crippen LogP contribution < -0.4 is 0 Å². The molecule has 4 nitrogen and oxygen atoms in total. The van der Waals surface area contributed by atoms with Crippen molar-refractivity contribution in [2.45, 2.75) is 31.7 Å². The van der Waals surface area contributed by atoms with E-state index in [-0.39, 0.29) is 11.9 Å². The summed E-state index contributed by atoms with van der Waals surface area (Å²) in [6.07, 6.45) is 4.23. The predicted octanol–water partition coefficient (Wildman–Crippen LogP) is 0.597. The second-order valence-electron chi connectivity index (χ2n) is 4.36. The number of carbonyl (C=O) groups excluding carboxylic acids is 1. The van der Waals surface area contributed by atoms with Gasteiger partial charge in [-0.3, -0.25) is 9.69 Å². The standard InChI is InChI=1S/C11H17N3O/c12-8-10-4-3-7-14(10)11(15)9-13-5-1-2-6-13/h10H,1-7,9H2/t10-/m0/s1. The molecule has 0 aromatic heterocycles. The van der Waals surface area contributed by atoms with Gasteiger partial charge < -0.3 is 4.90 Å². The molecule has 1 atom stereocenters. The number of likely N-dealkylation sites (tertiary alicyclic amines) is 2. The first kappa shape index (κ1) is 10.4. The fourth-order valence-electron chi connectivity index (χ4n) is 2.42. The van der Waals surface area contributed by atoms with Crippen LogP contribution in [0.15, 0.2) is 0 Å². The van der Waals surface area contributed by atoms with E-state index in [1.807, 2.05) is 0 Å². The first-order valence-electron chi connectivity index (χ1n) is 5.72. The lowest BCUT2D eigenvalue weighted by Crippen LogP contribution is -2.41. The van der Waals surface area contributed by atoms with E-state index in [1.165, 1.54) is 12.8 Å². The summed E-state index contributed by atoms with van der Waals surface area (Å²) < 4.78 is 0. The Labute approximate surface area is 90.5 Å². The Kier molecular flexibility index (Phi) is 3.22. The number of amides is 1. The number of nitrogens with zero attached hydrogens (tertiary/aromatic N) is 3. The zero-order valence-electron chi connectivity index (χ0n) is 8.98. The van der Waals surface area contributed by atoms with Crippen LogP contribution in [0, 0.1) is 11.3 Å². The molecule has 0 N–H and O–H groups in total. The lowest BCUT2D eigenvalue weighted by molar-refractivity contribution is -0.132. The molecule has 4 heteroatoms. The maximum Gasteiger partial charge on any atom is 0.237 e. The summed E-state index contributed by atoms with van der Waals surface area (Å²) in [6, 6.07) is 2.04. The Morgan fingerprint density at radius 2 is 2.00 bits per heavy atom. The van der Waals surface area contributed by atoms with E-state index in [9.17, 15) is 4.79 Å². The Hall–Kier alpha value is -1.08. The van der Waals surface area contributed by atoms with Gasteiger partial charge in [-0.05, 0) is 38.8 Å². The topological polar surface area (TPSA) is 47.3 Å². The Morgan fingerprint density at radius 1 is 1.27 bits per heavy atom. The Bertz CT molecular complexity index is 278. The van der Waals surface area contributed by atoms with Crippen LogP contribution in [0.4, 0.5) is 0 Å². The van der Waals surface area contributed by atoms with E-state index in [2.05, 4.69) is 11.0 Å². The van der Waals surface area contributed by atoms with Gasteiger partial charge in [0.05, 0.1) is 12.6 Å². The number of rotatable bonds is 2. The predicted molar refractivity (Wildman–Crippen MR) is 56.0 cm³/mol. The molecule has 0 radical (unpaired) electrons. The molecule has 0 spiro atoms. The van der Waals surface area contributed by atoms with Crippen LogP contribution in [0.25, 0.3) is 0 Å². The van der Waals surface area contributed by atoms with E-state index >= 15 is 0 Å². The van der Waals surface area contributed by atoms with Gasteiger partial charge in [0.15, 0.2) is 0 Å². The van der Waals surface area contributed by atoms with Crippen LogP contribution in [0.1, 0.15) is 25.7 Å². The summed E-state index contributed by atoms with van der Waals surface area (Å²) in [5.74, 6) is 0.140. The molecule has 0 bridgehead atoms. The molecular formula is C11H17N3O. The van der Waals surface area contributed by atoms with Gasteiger partial charge in [0.1, 0.15) is 6.04 Å². The van der Waals surface area contributed by atoms with Gasteiger partial charge in [0.2, 0.25) is 5.91 Å². The van der Waals surface area contributed by atoms with Gasteiger partial charge in [-0.25, -0.2) is 0 Å². The fraction of sp³-hybridized carbons (Fsp3) is 0.818. The first-order chi connectivity index (χ1) is 7.31. The molecular weight excluding hydrogens is 190 g/mol. The summed E-state index contributed by atoms with van der Waals surface area (Å²) in [7, 11) is 0. The first-order valence-corrected chi connectivity index (χ1v) is 5.72.